The van der Waals surface area contributed by atoms with Crippen molar-refractivity contribution in [2.24, 2.45) is 5.73 Å². The van der Waals surface area contributed by atoms with Gasteiger partial charge in [0.05, 0.1) is 0 Å². The highest BCUT2D eigenvalue weighted by Crippen LogP contribution is 2.18. The number of nitrogens with one attached hydrogen (secondary N) is 2. The van der Waals surface area contributed by atoms with Gasteiger partial charge >= 0.3 is 0 Å². The lowest BCUT2D eigenvalue weighted by Crippen LogP contribution is -2.26. The lowest BCUT2D eigenvalue weighted by Gasteiger charge is -2.05. The van der Waals surface area contributed by atoms with E-state index in [1.54, 1.807) is 24.3 Å². The van der Waals surface area contributed by atoms with Gasteiger partial charge in [0.15, 0.2) is 6.61 Å². The molecule has 0 saturated heterocycles. The Bertz CT molecular complexity index is 1090. The number of nitrogens with zero attached hydrogens (tertiary/aromatic N) is 1. The molecule has 0 unspecified atom stereocenters. The minimum Gasteiger partial charge on any atom is -0.484 e. The Kier molecular flexibility index (Phi) is 6.28. The van der Waals surface area contributed by atoms with Crippen LogP contribution in [0.25, 0.3) is 17.0 Å². The number of H-pyrrole nitrogens is 1. The Balaban J connectivity index is 1.58. The van der Waals surface area contributed by atoms with Gasteiger partial charge in [-0.25, -0.2) is 0 Å². The number of aromatic amines is 1. The predicted octanol–water partition coefficient (Wildman–Crippen LogP) is 2.30. The Labute approximate surface area is 167 Å². The molecule has 1 heterocycles. The van der Waals surface area contributed by atoms with Gasteiger partial charge in [0.1, 0.15) is 17.4 Å². The van der Waals surface area contributed by atoms with Crippen LogP contribution in [0, 0.1) is 11.3 Å². The molecule has 29 heavy (non-hydrogen) atoms. The van der Waals surface area contributed by atoms with Crippen molar-refractivity contribution >= 4 is 28.8 Å². The first-order chi connectivity index (χ1) is 14.1. The van der Waals surface area contributed by atoms with Gasteiger partial charge in [-0.05, 0) is 41.8 Å². The minimum absolute atomic E-state index is 0.00901. The molecule has 2 amide bonds. The van der Waals surface area contributed by atoms with Crippen LogP contribution in [0.1, 0.15) is 11.1 Å². The highest BCUT2D eigenvalue weighted by Gasteiger charge is 2.10. The van der Waals surface area contributed by atoms with E-state index in [2.05, 4.69) is 10.3 Å². The number of carbonyl (C=O) groups is 2. The average Bonchev–Trinajstić information content (AvgIpc) is 3.14. The van der Waals surface area contributed by atoms with Crippen LogP contribution in [-0.2, 0) is 16.0 Å². The van der Waals surface area contributed by atoms with Gasteiger partial charge in [-0.15, -0.1) is 0 Å². The maximum absolute atomic E-state index is 12.3. The summed E-state index contributed by atoms with van der Waals surface area (Å²) in [6.07, 6.45) is 4.08. The van der Waals surface area contributed by atoms with Crippen molar-refractivity contribution in [3.05, 3.63) is 71.4 Å². The molecule has 0 aliphatic heterocycles. The SMILES string of the molecule is N#C/C(=C/c1ccc(OCC(N)=O)cc1)C(=O)NCCc1c[nH]c2ccccc12. The summed E-state index contributed by atoms with van der Waals surface area (Å²) in [5, 5.41) is 13.2. The zero-order valence-electron chi connectivity index (χ0n) is 15.6. The molecule has 0 bridgehead atoms. The van der Waals surface area contributed by atoms with E-state index in [0.29, 0.717) is 24.3 Å². The molecule has 3 aromatic rings. The highest BCUT2D eigenvalue weighted by molar-refractivity contribution is 6.01. The van der Waals surface area contributed by atoms with Gasteiger partial charge in [-0.2, -0.15) is 5.26 Å². The Hall–Kier alpha value is -4.05. The lowest BCUT2D eigenvalue weighted by molar-refractivity contribution is -0.120. The summed E-state index contributed by atoms with van der Waals surface area (Å²) in [6, 6.07) is 16.5. The number of para-hydroxylation sites is 1. The summed E-state index contributed by atoms with van der Waals surface area (Å²) >= 11 is 0. The van der Waals surface area contributed by atoms with Gasteiger partial charge in [-0.3, -0.25) is 9.59 Å². The Morgan fingerprint density at radius 1 is 1.17 bits per heavy atom. The molecule has 0 radical (unpaired) electrons. The van der Waals surface area contributed by atoms with E-state index >= 15 is 0 Å². The molecule has 4 N–H and O–H groups in total. The van der Waals surface area contributed by atoms with Crippen LogP contribution in [0.5, 0.6) is 5.75 Å². The fraction of sp³-hybridized carbons (Fsp3) is 0.136. The summed E-state index contributed by atoms with van der Waals surface area (Å²) in [5.74, 6) is -0.519. The summed E-state index contributed by atoms with van der Waals surface area (Å²) in [5.41, 5.74) is 7.86. The van der Waals surface area contributed by atoms with Gasteiger partial charge in [-0.1, -0.05) is 30.3 Å². The third kappa shape index (κ3) is 5.23. The van der Waals surface area contributed by atoms with E-state index in [0.717, 1.165) is 16.5 Å². The fourth-order valence-corrected chi connectivity index (χ4v) is 2.87. The number of amides is 2. The third-order valence-corrected chi connectivity index (χ3v) is 4.29. The van der Waals surface area contributed by atoms with Crippen LogP contribution in [0.15, 0.2) is 60.3 Å². The number of primary amides is 1. The van der Waals surface area contributed by atoms with E-state index in [1.807, 2.05) is 36.5 Å². The summed E-state index contributed by atoms with van der Waals surface area (Å²) in [7, 11) is 0. The van der Waals surface area contributed by atoms with Crippen LogP contribution in [0.2, 0.25) is 0 Å². The second kappa shape index (κ2) is 9.24. The Morgan fingerprint density at radius 2 is 1.93 bits per heavy atom. The molecule has 0 atom stereocenters. The molecule has 1 aromatic heterocycles. The fourth-order valence-electron chi connectivity index (χ4n) is 2.87. The molecular formula is C22H20N4O3. The van der Waals surface area contributed by atoms with E-state index in [1.165, 1.54) is 6.08 Å². The highest BCUT2D eigenvalue weighted by atomic mass is 16.5. The van der Waals surface area contributed by atoms with E-state index in [-0.39, 0.29) is 12.2 Å². The first kappa shape index (κ1) is 19.7. The van der Waals surface area contributed by atoms with Gasteiger partial charge in [0.25, 0.3) is 11.8 Å². The predicted molar refractivity (Wildman–Crippen MR) is 110 cm³/mol. The van der Waals surface area contributed by atoms with Crippen molar-refractivity contribution in [3.63, 3.8) is 0 Å². The number of benzene rings is 2. The molecule has 0 saturated carbocycles. The first-order valence-corrected chi connectivity index (χ1v) is 9.03. The smallest absolute Gasteiger partial charge is 0.261 e. The topological polar surface area (TPSA) is 121 Å². The number of carbonyl (C=O) groups excluding carboxylic acids is 2. The van der Waals surface area contributed by atoms with Crippen molar-refractivity contribution in [3.8, 4) is 11.8 Å². The third-order valence-electron chi connectivity index (χ3n) is 4.29. The number of nitrogens with two attached hydrogens (primary N) is 1. The lowest BCUT2D eigenvalue weighted by atomic mass is 10.1. The van der Waals surface area contributed by atoms with Gasteiger partial charge in [0.2, 0.25) is 0 Å². The molecular weight excluding hydrogens is 368 g/mol. The second-order valence-electron chi connectivity index (χ2n) is 6.36. The molecule has 0 aliphatic rings. The molecule has 2 aromatic carbocycles. The molecule has 0 fully saturated rings. The monoisotopic (exact) mass is 388 g/mol. The number of aromatic nitrogens is 1. The van der Waals surface area contributed by atoms with Crippen molar-refractivity contribution in [1.82, 2.24) is 10.3 Å². The van der Waals surface area contributed by atoms with Crippen molar-refractivity contribution in [2.75, 3.05) is 13.2 Å². The molecule has 7 nitrogen and oxygen atoms in total. The maximum Gasteiger partial charge on any atom is 0.261 e. The number of hydrogen-bond donors (Lipinski definition) is 3. The zero-order chi connectivity index (χ0) is 20.6. The Morgan fingerprint density at radius 3 is 2.66 bits per heavy atom. The van der Waals surface area contributed by atoms with Crippen LogP contribution < -0.4 is 15.8 Å². The maximum atomic E-state index is 12.3. The van der Waals surface area contributed by atoms with E-state index < -0.39 is 11.8 Å². The summed E-state index contributed by atoms with van der Waals surface area (Å²) in [4.78, 5) is 26.3. The molecule has 0 spiro atoms. The zero-order valence-corrected chi connectivity index (χ0v) is 15.6. The minimum atomic E-state index is -0.565. The number of fused-ring (bicyclic) bond motifs is 1. The standard InChI is InChI=1S/C22H20N4O3/c23-12-17(11-15-5-7-18(8-6-15)29-14-21(24)27)22(28)25-10-9-16-13-26-20-4-2-1-3-19(16)20/h1-8,11,13,26H,9-10,14H2,(H2,24,27)(H,25,28)/b17-11-. The first-order valence-electron chi connectivity index (χ1n) is 9.03. The average molecular weight is 388 g/mol. The van der Waals surface area contributed by atoms with E-state index in [4.69, 9.17) is 10.5 Å². The molecule has 146 valence electrons. The van der Waals surface area contributed by atoms with Gasteiger partial charge in [0, 0.05) is 23.6 Å². The number of ether oxygens (including phenoxy) is 1. The molecule has 0 aliphatic carbocycles. The number of nitriles is 1. The second-order valence-corrected chi connectivity index (χ2v) is 6.36. The summed E-state index contributed by atoms with van der Waals surface area (Å²) < 4.78 is 5.18. The number of hydrogen-bond acceptors (Lipinski definition) is 4. The van der Waals surface area contributed by atoms with Crippen LogP contribution in [0.3, 0.4) is 0 Å². The molecule has 7 heteroatoms. The van der Waals surface area contributed by atoms with Crippen molar-refractivity contribution in [2.45, 2.75) is 6.42 Å². The molecule has 3 rings (SSSR count). The van der Waals surface area contributed by atoms with Crippen LogP contribution in [0.4, 0.5) is 0 Å². The van der Waals surface area contributed by atoms with Crippen molar-refractivity contribution < 1.29 is 14.3 Å². The van der Waals surface area contributed by atoms with Crippen LogP contribution in [-0.4, -0.2) is 29.9 Å². The van der Waals surface area contributed by atoms with E-state index in [9.17, 15) is 14.9 Å². The number of rotatable bonds is 8. The largest absolute Gasteiger partial charge is 0.484 e. The quantitative estimate of drug-likeness (QED) is 0.405. The van der Waals surface area contributed by atoms with Gasteiger partial charge < -0.3 is 20.8 Å². The van der Waals surface area contributed by atoms with Crippen LogP contribution >= 0.6 is 0 Å². The van der Waals surface area contributed by atoms with Crippen molar-refractivity contribution in [1.29, 1.82) is 5.26 Å². The normalized spacial score (nSPS) is 11.1. The summed E-state index contributed by atoms with van der Waals surface area (Å²) in [6.45, 7) is 0.205.